The fourth-order valence-electron chi connectivity index (χ4n) is 5.83. The van der Waals surface area contributed by atoms with Gasteiger partial charge < -0.3 is 0 Å². The maximum absolute atomic E-state index is 5.34. The SMILES string of the molecule is CCC1=C(CC)C2=NC1=CC1=NC(=CC3=NC(=CC4=NC(=C2CC)C(CC)=C4c2ccccc2)C=C3)C=C1.[Zn]. The maximum Gasteiger partial charge on any atom is 0.0740 e. The van der Waals surface area contributed by atoms with Gasteiger partial charge in [-0.05, 0) is 90.5 Å². The van der Waals surface area contributed by atoms with Gasteiger partial charge in [0.05, 0.1) is 45.6 Å². The van der Waals surface area contributed by atoms with Crippen LogP contribution < -0.4 is 0 Å². The van der Waals surface area contributed by atoms with E-state index in [2.05, 4.69) is 82.3 Å². The topological polar surface area (TPSA) is 49.4 Å². The molecule has 5 aliphatic rings. The normalized spacial score (nSPS) is 19.5. The Bertz CT molecular complexity index is 1610. The van der Waals surface area contributed by atoms with Crippen molar-refractivity contribution >= 4 is 28.4 Å². The van der Waals surface area contributed by atoms with E-state index < -0.39 is 0 Å². The molecule has 5 heteroatoms. The summed E-state index contributed by atoms with van der Waals surface area (Å²) in [5, 5.41) is 0. The second kappa shape index (κ2) is 11.3. The molecule has 0 aromatic heterocycles. The molecule has 5 aliphatic heterocycles. The number of nitrogens with zero attached hydrogens (tertiary/aromatic N) is 4. The number of fused-ring (bicyclic) bond motifs is 4. The Balaban J connectivity index is 0.00000308. The molecule has 39 heavy (non-hydrogen) atoms. The van der Waals surface area contributed by atoms with E-state index >= 15 is 0 Å². The van der Waals surface area contributed by atoms with Crippen molar-refractivity contribution in [1.82, 2.24) is 0 Å². The monoisotopic (exact) mass is 560 g/mol. The molecule has 0 N–H and O–H groups in total. The van der Waals surface area contributed by atoms with E-state index in [0.717, 1.165) is 71.3 Å². The smallest absolute Gasteiger partial charge is 0.0740 e. The number of hydrogen-bond donors (Lipinski definition) is 0. The Morgan fingerprint density at radius 3 is 1.82 bits per heavy atom. The number of hydrogen-bond acceptors (Lipinski definition) is 4. The third kappa shape index (κ3) is 4.85. The summed E-state index contributed by atoms with van der Waals surface area (Å²) in [5.41, 5.74) is 15.3. The second-order valence-electron chi connectivity index (χ2n) is 9.78. The maximum atomic E-state index is 5.34. The van der Waals surface area contributed by atoms with Gasteiger partial charge in [0.25, 0.3) is 0 Å². The first kappa shape index (κ1) is 27.0. The molecule has 6 rings (SSSR count). The van der Waals surface area contributed by atoms with Crippen LogP contribution in [-0.4, -0.2) is 22.8 Å². The van der Waals surface area contributed by atoms with E-state index in [1.54, 1.807) is 0 Å². The molecule has 0 aliphatic carbocycles. The number of benzene rings is 1. The molecule has 0 atom stereocenters. The van der Waals surface area contributed by atoms with Gasteiger partial charge in [0.2, 0.25) is 0 Å². The van der Waals surface area contributed by atoms with Gasteiger partial charge in [-0.1, -0.05) is 58.0 Å². The molecule has 0 saturated carbocycles. The molecule has 1 aromatic rings. The Kier molecular flexibility index (Phi) is 7.82. The molecule has 0 spiro atoms. The largest absolute Gasteiger partial charge is 0.249 e. The number of allylic oxidation sites excluding steroid dienone is 12. The van der Waals surface area contributed by atoms with E-state index in [9.17, 15) is 0 Å². The van der Waals surface area contributed by atoms with Gasteiger partial charge in [0.15, 0.2) is 0 Å². The Labute approximate surface area is 244 Å². The van der Waals surface area contributed by atoms with E-state index in [4.69, 9.17) is 20.0 Å². The van der Waals surface area contributed by atoms with Crippen LogP contribution in [0.25, 0.3) is 5.57 Å². The Morgan fingerprint density at radius 1 is 0.564 bits per heavy atom. The summed E-state index contributed by atoms with van der Waals surface area (Å²) in [6.45, 7) is 8.91. The molecule has 0 saturated heterocycles. The zero-order valence-electron chi connectivity index (χ0n) is 23.3. The third-order valence-corrected chi connectivity index (χ3v) is 7.55. The summed E-state index contributed by atoms with van der Waals surface area (Å²) in [7, 11) is 0. The second-order valence-corrected chi connectivity index (χ2v) is 9.78. The Morgan fingerprint density at radius 2 is 1.18 bits per heavy atom. The van der Waals surface area contributed by atoms with Gasteiger partial charge in [0.1, 0.15) is 0 Å². The molecule has 0 radical (unpaired) electrons. The molecular weight excluding hydrogens is 530 g/mol. The van der Waals surface area contributed by atoms with Crippen molar-refractivity contribution in [3.8, 4) is 0 Å². The summed E-state index contributed by atoms with van der Waals surface area (Å²) in [5.74, 6) is 0. The number of rotatable bonds is 5. The minimum Gasteiger partial charge on any atom is -0.249 e. The molecule has 0 amide bonds. The van der Waals surface area contributed by atoms with Crippen LogP contribution in [0.4, 0.5) is 0 Å². The van der Waals surface area contributed by atoms with Gasteiger partial charge in [-0.15, -0.1) is 0 Å². The molecule has 8 bridgehead atoms. The first-order chi connectivity index (χ1) is 18.6. The predicted octanol–water partition coefficient (Wildman–Crippen LogP) is 8.22. The first-order valence-corrected chi connectivity index (χ1v) is 13.7. The standard InChI is InChI=1S/C34H32N4.Zn/c1-5-26-27(6-2)33-29(8-4)34-28(7-3)32(21-12-10-9-11-13-21)31(38-34)20-25-17-15-23(36-25)18-22-14-16-24(35-22)19-30(26)37-33;/h9-20H,5-8H2,1-4H3;. The van der Waals surface area contributed by atoms with Crippen molar-refractivity contribution in [2.24, 2.45) is 20.0 Å². The van der Waals surface area contributed by atoms with Crippen LogP contribution >= 0.6 is 0 Å². The van der Waals surface area contributed by atoms with Gasteiger partial charge in [-0.25, -0.2) is 20.0 Å². The molecule has 4 nitrogen and oxygen atoms in total. The number of aliphatic imine (C=N–C) groups is 4. The van der Waals surface area contributed by atoms with Crippen molar-refractivity contribution in [3.05, 3.63) is 124 Å². The minimum absolute atomic E-state index is 0. The molecule has 0 fully saturated rings. The summed E-state index contributed by atoms with van der Waals surface area (Å²) in [4.78, 5) is 20.4. The van der Waals surface area contributed by atoms with Crippen LogP contribution in [0.1, 0.15) is 58.9 Å². The quantitative estimate of drug-likeness (QED) is 0.325. The zero-order valence-corrected chi connectivity index (χ0v) is 26.2. The minimum atomic E-state index is 0. The van der Waals surface area contributed by atoms with Crippen molar-refractivity contribution in [2.75, 3.05) is 0 Å². The van der Waals surface area contributed by atoms with Gasteiger partial charge in [-0.3, -0.25) is 0 Å². The predicted molar refractivity (Wildman–Crippen MR) is 161 cm³/mol. The van der Waals surface area contributed by atoms with Crippen LogP contribution in [-0.2, 0) is 19.5 Å². The zero-order chi connectivity index (χ0) is 26.2. The van der Waals surface area contributed by atoms with Crippen LogP contribution in [0.2, 0.25) is 0 Å². The summed E-state index contributed by atoms with van der Waals surface area (Å²) in [6.07, 6.45) is 18.1. The van der Waals surface area contributed by atoms with Crippen LogP contribution in [0.5, 0.6) is 0 Å². The summed E-state index contributed by atoms with van der Waals surface area (Å²) in [6, 6.07) is 10.6. The van der Waals surface area contributed by atoms with Gasteiger partial charge >= 0.3 is 0 Å². The summed E-state index contributed by atoms with van der Waals surface area (Å²) < 4.78 is 0. The van der Waals surface area contributed by atoms with E-state index in [0.29, 0.717) is 0 Å². The third-order valence-electron chi connectivity index (χ3n) is 7.55. The Hall–Kier alpha value is -3.56. The molecular formula is C34H32N4Zn. The van der Waals surface area contributed by atoms with Crippen molar-refractivity contribution in [2.45, 2.75) is 53.4 Å². The molecule has 1 aromatic carbocycles. The van der Waals surface area contributed by atoms with Gasteiger partial charge in [0, 0.05) is 30.6 Å². The fourth-order valence-corrected chi connectivity index (χ4v) is 5.83. The van der Waals surface area contributed by atoms with E-state index in [1.807, 2.05) is 18.2 Å². The average molecular weight is 562 g/mol. The van der Waals surface area contributed by atoms with Crippen molar-refractivity contribution in [1.29, 1.82) is 0 Å². The van der Waals surface area contributed by atoms with E-state index in [-0.39, 0.29) is 19.5 Å². The average Bonchev–Trinajstić information content (AvgIpc) is 3.71. The molecule has 5 heterocycles. The van der Waals surface area contributed by atoms with Crippen molar-refractivity contribution < 1.29 is 19.5 Å². The summed E-state index contributed by atoms with van der Waals surface area (Å²) >= 11 is 0. The van der Waals surface area contributed by atoms with Crippen LogP contribution in [0.3, 0.4) is 0 Å². The molecule has 190 valence electrons. The van der Waals surface area contributed by atoms with E-state index in [1.165, 1.54) is 33.4 Å². The van der Waals surface area contributed by atoms with Crippen molar-refractivity contribution in [3.63, 3.8) is 0 Å². The van der Waals surface area contributed by atoms with Crippen LogP contribution in [0, 0.1) is 0 Å². The van der Waals surface area contributed by atoms with Crippen LogP contribution in [0.15, 0.2) is 138 Å². The molecule has 0 unspecified atom stereocenters. The van der Waals surface area contributed by atoms with Gasteiger partial charge in [-0.2, -0.15) is 0 Å². The fraction of sp³-hybridized carbons (Fsp3) is 0.235. The first-order valence-electron chi connectivity index (χ1n) is 13.7.